The molecule has 0 saturated heterocycles. The van der Waals surface area contributed by atoms with Gasteiger partial charge in [-0.15, -0.1) is 0 Å². The van der Waals surface area contributed by atoms with E-state index in [4.69, 9.17) is 9.26 Å². The molecule has 1 atom stereocenters. The van der Waals surface area contributed by atoms with E-state index >= 15 is 0 Å². The van der Waals surface area contributed by atoms with Gasteiger partial charge in [-0.25, -0.2) is 0 Å². The van der Waals surface area contributed by atoms with Gasteiger partial charge in [-0.2, -0.15) is 4.98 Å². The van der Waals surface area contributed by atoms with E-state index in [0.29, 0.717) is 23.9 Å². The molecular formula is C21H23N3O3. The number of aromatic nitrogens is 2. The molecule has 0 radical (unpaired) electrons. The molecule has 2 aromatic carbocycles. The molecule has 1 heterocycles. The Kier molecular flexibility index (Phi) is 5.86. The molecule has 1 amide bonds. The number of nitrogens with zero attached hydrogens (tertiary/aromatic N) is 2. The van der Waals surface area contributed by atoms with Crippen LogP contribution in [0.15, 0.2) is 53.1 Å². The lowest BCUT2D eigenvalue weighted by Crippen LogP contribution is -2.37. The molecule has 27 heavy (non-hydrogen) atoms. The van der Waals surface area contributed by atoms with Gasteiger partial charge in [-0.3, -0.25) is 4.79 Å². The second kappa shape index (κ2) is 8.49. The lowest BCUT2D eigenvalue weighted by atomic mass is 10.1. The van der Waals surface area contributed by atoms with Crippen LogP contribution in [0.5, 0.6) is 5.75 Å². The number of nitrogens with one attached hydrogen (secondary N) is 1. The fourth-order valence-corrected chi connectivity index (χ4v) is 2.80. The van der Waals surface area contributed by atoms with Crippen LogP contribution in [0.2, 0.25) is 0 Å². The summed E-state index contributed by atoms with van der Waals surface area (Å²) in [4.78, 5) is 16.8. The fraction of sp³-hybridized carbons (Fsp3) is 0.286. The fourth-order valence-electron chi connectivity index (χ4n) is 2.80. The van der Waals surface area contributed by atoms with Gasteiger partial charge in [0, 0.05) is 5.56 Å². The zero-order valence-corrected chi connectivity index (χ0v) is 15.7. The molecule has 0 bridgehead atoms. The molecular weight excluding hydrogens is 342 g/mol. The number of carbonyl (C=O) groups is 1. The van der Waals surface area contributed by atoms with Crippen LogP contribution in [0.4, 0.5) is 0 Å². The average Bonchev–Trinajstić information content (AvgIpc) is 3.13. The number of carbonyl (C=O) groups excluding carboxylic acids is 1. The van der Waals surface area contributed by atoms with Gasteiger partial charge in [0.15, 0.2) is 6.10 Å². The minimum absolute atomic E-state index is 0.158. The van der Waals surface area contributed by atoms with Gasteiger partial charge in [0.05, 0.1) is 6.54 Å². The molecule has 0 aliphatic carbocycles. The molecule has 0 unspecified atom stereocenters. The number of hydrogen-bond donors (Lipinski definition) is 1. The summed E-state index contributed by atoms with van der Waals surface area (Å²) in [6, 6.07) is 15.4. The maximum atomic E-state index is 12.5. The second-order valence-corrected chi connectivity index (χ2v) is 6.43. The minimum atomic E-state index is -0.581. The Balaban J connectivity index is 1.60. The Hall–Kier alpha value is -3.15. The number of benzene rings is 2. The summed E-state index contributed by atoms with van der Waals surface area (Å²) < 4.78 is 11.1. The third-order valence-electron chi connectivity index (χ3n) is 4.05. The van der Waals surface area contributed by atoms with Crippen molar-refractivity contribution >= 4 is 5.91 Å². The highest BCUT2D eigenvalue weighted by Gasteiger charge is 2.19. The molecule has 0 spiro atoms. The molecule has 0 fully saturated rings. The maximum absolute atomic E-state index is 12.5. The number of hydrogen-bond acceptors (Lipinski definition) is 5. The van der Waals surface area contributed by atoms with Crippen LogP contribution in [-0.4, -0.2) is 22.2 Å². The third-order valence-corrected chi connectivity index (χ3v) is 4.05. The first kappa shape index (κ1) is 18.6. The normalized spacial score (nSPS) is 11.8. The zero-order chi connectivity index (χ0) is 19.2. The first-order valence-corrected chi connectivity index (χ1v) is 8.96. The average molecular weight is 365 g/mol. The standard InChI is InChI=1S/C21H23N3O3/c1-4-18(26-17-11-14(2)10-15(3)12-17)21(25)22-13-19-23-20(24-27-19)16-8-6-5-7-9-16/h5-12,18H,4,13H2,1-3H3,(H,22,25)/t18-/m1/s1. The van der Waals surface area contributed by atoms with E-state index in [-0.39, 0.29) is 12.5 Å². The number of rotatable bonds is 7. The third kappa shape index (κ3) is 4.94. The monoisotopic (exact) mass is 365 g/mol. The SMILES string of the molecule is CC[C@@H](Oc1cc(C)cc(C)c1)C(=O)NCc1nc(-c2ccccc2)no1. The van der Waals surface area contributed by atoms with E-state index in [0.717, 1.165) is 16.7 Å². The van der Waals surface area contributed by atoms with Crippen molar-refractivity contribution < 1.29 is 14.1 Å². The molecule has 0 aliphatic rings. The topological polar surface area (TPSA) is 77.2 Å². The molecule has 0 saturated carbocycles. The maximum Gasteiger partial charge on any atom is 0.261 e. The summed E-state index contributed by atoms with van der Waals surface area (Å²) in [5.41, 5.74) is 3.06. The Labute approximate surface area is 158 Å². The lowest BCUT2D eigenvalue weighted by molar-refractivity contribution is -0.128. The molecule has 0 aliphatic heterocycles. The highest BCUT2D eigenvalue weighted by Crippen LogP contribution is 2.19. The summed E-state index contributed by atoms with van der Waals surface area (Å²) in [5.74, 6) is 1.33. The van der Waals surface area contributed by atoms with E-state index < -0.39 is 6.10 Å². The van der Waals surface area contributed by atoms with Gasteiger partial charge < -0.3 is 14.6 Å². The van der Waals surface area contributed by atoms with Gasteiger partial charge in [0.1, 0.15) is 5.75 Å². The van der Waals surface area contributed by atoms with Gasteiger partial charge in [-0.1, -0.05) is 48.5 Å². The predicted octanol–water partition coefficient (Wildman–Crippen LogP) is 3.83. The second-order valence-electron chi connectivity index (χ2n) is 6.43. The van der Waals surface area contributed by atoms with Crippen molar-refractivity contribution in [3.63, 3.8) is 0 Å². The molecule has 1 N–H and O–H groups in total. The zero-order valence-electron chi connectivity index (χ0n) is 15.7. The van der Waals surface area contributed by atoms with E-state index in [9.17, 15) is 4.79 Å². The first-order valence-electron chi connectivity index (χ1n) is 8.96. The summed E-state index contributed by atoms with van der Waals surface area (Å²) in [6.45, 7) is 6.07. The Morgan fingerprint density at radius 1 is 1.15 bits per heavy atom. The number of amides is 1. The summed E-state index contributed by atoms with van der Waals surface area (Å²) in [5, 5.41) is 6.75. The van der Waals surface area contributed by atoms with E-state index in [1.165, 1.54) is 0 Å². The molecule has 3 aromatic rings. The van der Waals surface area contributed by atoms with Crippen LogP contribution in [0.3, 0.4) is 0 Å². The largest absolute Gasteiger partial charge is 0.481 e. The van der Waals surface area contributed by atoms with E-state index in [1.807, 2.05) is 63.2 Å². The Bertz CT molecular complexity index is 886. The smallest absolute Gasteiger partial charge is 0.261 e. The number of ether oxygens (including phenoxy) is 1. The van der Waals surface area contributed by atoms with E-state index in [2.05, 4.69) is 21.5 Å². The lowest BCUT2D eigenvalue weighted by Gasteiger charge is -2.17. The van der Waals surface area contributed by atoms with Gasteiger partial charge >= 0.3 is 0 Å². The van der Waals surface area contributed by atoms with Crippen molar-refractivity contribution in [3.05, 3.63) is 65.5 Å². The van der Waals surface area contributed by atoms with Crippen LogP contribution >= 0.6 is 0 Å². The van der Waals surface area contributed by atoms with Gasteiger partial charge in [0.2, 0.25) is 11.7 Å². The van der Waals surface area contributed by atoms with Crippen molar-refractivity contribution in [2.75, 3.05) is 0 Å². The highest BCUT2D eigenvalue weighted by atomic mass is 16.5. The molecule has 6 heteroatoms. The van der Waals surface area contributed by atoms with Crippen LogP contribution in [0.1, 0.15) is 30.4 Å². The summed E-state index contributed by atoms with van der Waals surface area (Å²) in [6.07, 6.45) is -0.0273. The van der Waals surface area contributed by atoms with Crippen molar-refractivity contribution in [3.8, 4) is 17.1 Å². The highest BCUT2D eigenvalue weighted by molar-refractivity contribution is 5.81. The number of aryl methyl sites for hydroxylation is 2. The summed E-state index contributed by atoms with van der Waals surface area (Å²) >= 11 is 0. The van der Waals surface area contributed by atoms with Crippen molar-refractivity contribution in [1.82, 2.24) is 15.5 Å². The quantitative estimate of drug-likeness (QED) is 0.688. The molecule has 6 nitrogen and oxygen atoms in total. The van der Waals surface area contributed by atoms with Crippen LogP contribution < -0.4 is 10.1 Å². The van der Waals surface area contributed by atoms with E-state index in [1.54, 1.807) is 0 Å². The van der Waals surface area contributed by atoms with Gasteiger partial charge in [-0.05, 0) is 43.5 Å². The van der Waals surface area contributed by atoms with Crippen LogP contribution in [-0.2, 0) is 11.3 Å². The predicted molar refractivity (Wildman–Crippen MR) is 102 cm³/mol. The van der Waals surface area contributed by atoms with Crippen molar-refractivity contribution in [2.45, 2.75) is 39.8 Å². The van der Waals surface area contributed by atoms with Crippen LogP contribution in [0.25, 0.3) is 11.4 Å². The van der Waals surface area contributed by atoms with Gasteiger partial charge in [0.25, 0.3) is 5.91 Å². The first-order chi connectivity index (χ1) is 13.0. The van der Waals surface area contributed by atoms with Crippen molar-refractivity contribution in [1.29, 1.82) is 0 Å². The Morgan fingerprint density at radius 3 is 2.52 bits per heavy atom. The molecule has 1 aromatic heterocycles. The van der Waals surface area contributed by atoms with Crippen LogP contribution in [0, 0.1) is 13.8 Å². The summed E-state index contributed by atoms with van der Waals surface area (Å²) in [7, 11) is 0. The molecule has 3 rings (SSSR count). The molecule has 140 valence electrons. The minimum Gasteiger partial charge on any atom is -0.481 e. The Morgan fingerprint density at radius 2 is 1.85 bits per heavy atom. The van der Waals surface area contributed by atoms with Crippen molar-refractivity contribution in [2.24, 2.45) is 0 Å².